The largest absolute Gasteiger partial charge is 0.326 e. The van der Waals surface area contributed by atoms with Gasteiger partial charge in [0.05, 0.1) is 11.5 Å². The van der Waals surface area contributed by atoms with Crippen LogP contribution in [0, 0.1) is 0 Å². The number of nitrogens with one attached hydrogen (secondary N) is 1. The van der Waals surface area contributed by atoms with E-state index in [1.807, 2.05) is 6.07 Å². The van der Waals surface area contributed by atoms with Gasteiger partial charge in [-0.2, -0.15) is 0 Å². The van der Waals surface area contributed by atoms with Crippen LogP contribution in [-0.2, 0) is 20.4 Å². The van der Waals surface area contributed by atoms with E-state index >= 15 is 0 Å². The topological polar surface area (TPSA) is 63.2 Å². The SMILES string of the molecule is O=C(CCS(=O)(=O)Cc1ccccc1)Nc1cccc(Cl)c1. The first kappa shape index (κ1) is 16.5. The van der Waals surface area contributed by atoms with E-state index in [1.165, 1.54) is 0 Å². The van der Waals surface area contributed by atoms with Crippen LogP contribution in [0.15, 0.2) is 54.6 Å². The lowest BCUT2D eigenvalue weighted by Gasteiger charge is -2.07. The maximum atomic E-state index is 12.0. The standard InChI is InChI=1S/C16H16ClNO3S/c17-14-7-4-8-15(11-14)18-16(19)9-10-22(20,21)12-13-5-2-1-3-6-13/h1-8,11H,9-10,12H2,(H,18,19). The van der Waals surface area contributed by atoms with Gasteiger partial charge in [-0.05, 0) is 23.8 Å². The Morgan fingerprint density at radius 1 is 1.05 bits per heavy atom. The van der Waals surface area contributed by atoms with Crippen molar-refractivity contribution in [3.63, 3.8) is 0 Å². The predicted molar refractivity (Wildman–Crippen MR) is 88.6 cm³/mol. The van der Waals surface area contributed by atoms with Gasteiger partial charge in [-0.3, -0.25) is 4.79 Å². The van der Waals surface area contributed by atoms with E-state index in [-0.39, 0.29) is 23.8 Å². The number of halogens is 1. The van der Waals surface area contributed by atoms with Crippen LogP contribution in [0.25, 0.3) is 0 Å². The number of hydrogen-bond acceptors (Lipinski definition) is 3. The maximum Gasteiger partial charge on any atom is 0.225 e. The average molecular weight is 338 g/mol. The average Bonchev–Trinajstić information content (AvgIpc) is 2.46. The summed E-state index contributed by atoms with van der Waals surface area (Å²) in [5, 5.41) is 3.14. The summed E-state index contributed by atoms with van der Waals surface area (Å²) < 4.78 is 24.0. The second-order valence-electron chi connectivity index (χ2n) is 4.89. The molecule has 0 heterocycles. The van der Waals surface area contributed by atoms with Crippen molar-refractivity contribution in [2.24, 2.45) is 0 Å². The van der Waals surface area contributed by atoms with Crippen LogP contribution in [0.5, 0.6) is 0 Å². The van der Waals surface area contributed by atoms with E-state index in [1.54, 1.807) is 48.5 Å². The first-order valence-corrected chi connectivity index (χ1v) is 8.94. The molecule has 1 amide bonds. The Morgan fingerprint density at radius 2 is 1.77 bits per heavy atom. The summed E-state index contributed by atoms with van der Waals surface area (Å²) in [5.41, 5.74) is 1.27. The molecule has 0 saturated carbocycles. The van der Waals surface area contributed by atoms with Crippen LogP contribution in [0.2, 0.25) is 5.02 Å². The molecular formula is C16H16ClNO3S. The Hall–Kier alpha value is -1.85. The highest BCUT2D eigenvalue weighted by molar-refractivity contribution is 7.90. The first-order valence-electron chi connectivity index (χ1n) is 6.74. The molecule has 0 aliphatic rings. The summed E-state index contributed by atoms with van der Waals surface area (Å²) in [6, 6.07) is 15.6. The van der Waals surface area contributed by atoms with Gasteiger partial charge >= 0.3 is 0 Å². The van der Waals surface area contributed by atoms with Crippen molar-refractivity contribution >= 4 is 33.0 Å². The minimum Gasteiger partial charge on any atom is -0.326 e. The molecule has 0 aliphatic carbocycles. The van der Waals surface area contributed by atoms with E-state index in [0.29, 0.717) is 10.7 Å². The Labute approximate surface area is 135 Å². The third kappa shape index (κ3) is 5.50. The molecule has 6 heteroatoms. The zero-order valence-corrected chi connectivity index (χ0v) is 13.4. The zero-order valence-electron chi connectivity index (χ0n) is 11.8. The maximum absolute atomic E-state index is 12.0. The molecule has 0 fully saturated rings. The lowest BCUT2D eigenvalue weighted by atomic mass is 10.2. The highest BCUT2D eigenvalue weighted by Crippen LogP contribution is 2.15. The normalized spacial score (nSPS) is 11.1. The second-order valence-corrected chi connectivity index (χ2v) is 7.51. The van der Waals surface area contributed by atoms with Gasteiger partial charge in [-0.25, -0.2) is 8.42 Å². The van der Waals surface area contributed by atoms with Gasteiger partial charge in [-0.1, -0.05) is 48.0 Å². The number of anilines is 1. The molecule has 0 aliphatic heterocycles. The van der Waals surface area contributed by atoms with E-state index in [4.69, 9.17) is 11.6 Å². The molecule has 22 heavy (non-hydrogen) atoms. The predicted octanol–water partition coefficient (Wildman–Crippen LogP) is 3.28. The monoisotopic (exact) mass is 337 g/mol. The molecule has 0 unspecified atom stereocenters. The number of carbonyl (C=O) groups is 1. The van der Waals surface area contributed by atoms with Gasteiger partial charge in [0.1, 0.15) is 0 Å². The van der Waals surface area contributed by atoms with Crippen LogP contribution < -0.4 is 5.32 Å². The molecule has 1 N–H and O–H groups in total. The van der Waals surface area contributed by atoms with Crippen LogP contribution in [0.4, 0.5) is 5.69 Å². The van der Waals surface area contributed by atoms with E-state index < -0.39 is 9.84 Å². The van der Waals surface area contributed by atoms with E-state index in [9.17, 15) is 13.2 Å². The molecule has 0 bridgehead atoms. The van der Waals surface area contributed by atoms with Crippen LogP contribution in [0.1, 0.15) is 12.0 Å². The highest BCUT2D eigenvalue weighted by atomic mass is 35.5. The van der Waals surface area contributed by atoms with E-state index in [0.717, 1.165) is 5.56 Å². The van der Waals surface area contributed by atoms with Crippen molar-refractivity contribution in [3.05, 3.63) is 65.2 Å². The summed E-state index contributed by atoms with van der Waals surface area (Å²) in [6.45, 7) is 0. The Kier molecular flexibility index (Phi) is 5.57. The third-order valence-corrected chi connectivity index (χ3v) is 4.81. The van der Waals surface area contributed by atoms with Crippen molar-refractivity contribution in [3.8, 4) is 0 Å². The molecular weight excluding hydrogens is 322 g/mol. The summed E-state index contributed by atoms with van der Waals surface area (Å²) >= 11 is 5.82. The Bertz CT molecular complexity index is 745. The molecule has 0 radical (unpaired) electrons. The van der Waals surface area contributed by atoms with Gasteiger partial charge in [0, 0.05) is 17.1 Å². The lowest BCUT2D eigenvalue weighted by molar-refractivity contribution is -0.115. The number of benzene rings is 2. The number of rotatable bonds is 6. The summed E-state index contributed by atoms with van der Waals surface area (Å²) in [5.74, 6) is -0.592. The first-order chi connectivity index (χ1) is 10.4. The van der Waals surface area contributed by atoms with Crippen molar-refractivity contribution < 1.29 is 13.2 Å². The molecule has 0 spiro atoms. The Morgan fingerprint density at radius 3 is 2.45 bits per heavy atom. The summed E-state index contributed by atoms with van der Waals surface area (Å²) in [7, 11) is -3.32. The zero-order chi connectivity index (χ0) is 16.0. The summed E-state index contributed by atoms with van der Waals surface area (Å²) in [4.78, 5) is 11.8. The van der Waals surface area contributed by atoms with Crippen LogP contribution in [-0.4, -0.2) is 20.1 Å². The minimum atomic E-state index is -3.32. The number of carbonyl (C=O) groups excluding carboxylic acids is 1. The van der Waals surface area contributed by atoms with Gasteiger partial charge in [0.2, 0.25) is 5.91 Å². The fourth-order valence-electron chi connectivity index (χ4n) is 1.94. The van der Waals surface area contributed by atoms with Crippen molar-refractivity contribution in [1.82, 2.24) is 0 Å². The molecule has 0 aromatic heterocycles. The fourth-order valence-corrected chi connectivity index (χ4v) is 3.47. The number of sulfone groups is 1. The molecule has 116 valence electrons. The lowest BCUT2D eigenvalue weighted by Crippen LogP contribution is -2.18. The van der Waals surface area contributed by atoms with Crippen LogP contribution >= 0.6 is 11.6 Å². The Balaban J connectivity index is 1.87. The smallest absolute Gasteiger partial charge is 0.225 e. The number of hydrogen-bond donors (Lipinski definition) is 1. The molecule has 0 atom stereocenters. The second kappa shape index (κ2) is 7.42. The molecule has 2 aromatic rings. The number of amides is 1. The van der Waals surface area contributed by atoms with Gasteiger partial charge in [0.25, 0.3) is 0 Å². The quantitative estimate of drug-likeness (QED) is 0.879. The molecule has 0 saturated heterocycles. The van der Waals surface area contributed by atoms with Crippen molar-refractivity contribution in [2.75, 3.05) is 11.1 Å². The van der Waals surface area contributed by atoms with E-state index in [2.05, 4.69) is 5.32 Å². The molecule has 2 rings (SSSR count). The van der Waals surface area contributed by atoms with Crippen LogP contribution in [0.3, 0.4) is 0 Å². The summed E-state index contributed by atoms with van der Waals surface area (Å²) in [6.07, 6.45) is -0.0817. The highest BCUT2D eigenvalue weighted by Gasteiger charge is 2.14. The van der Waals surface area contributed by atoms with Gasteiger partial charge < -0.3 is 5.32 Å². The van der Waals surface area contributed by atoms with Crippen molar-refractivity contribution in [1.29, 1.82) is 0 Å². The fraction of sp³-hybridized carbons (Fsp3) is 0.188. The van der Waals surface area contributed by atoms with Crippen molar-refractivity contribution in [2.45, 2.75) is 12.2 Å². The van der Waals surface area contributed by atoms with Gasteiger partial charge in [-0.15, -0.1) is 0 Å². The molecule has 2 aromatic carbocycles. The van der Waals surface area contributed by atoms with Gasteiger partial charge in [0.15, 0.2) is 9.84 Å². The molecule has 4 nitrogen and oxygen atoms in total. The minimum absolute atomic E-state index is 0.0573. The third-order valence-electron chi connectivity index (χ3n) is 2.98.